The second kappa shape index (κ2) is 6.03. The zero-order valence-corrected chi connectivity index (χ0v) is 13.6. The molecule has 0 unspecified atom stereocenters. The number of thiazole rings is 1. The molecule has 0 aliphatic carbocycles. The van der Waals surface area contributed by atoms with Crippen molar-refractivity contribution in [3.63, 3.8) is 0 Å². The Morgan fingerprint density at radius 1 is 1.24 bits per heavy atom. The number of anilines is 2. The van der Waals surface area contributed by atoms with Crippen LogP contribution in [-0.2, 0) is 0 Å². The number of carboxylic acids is 1. The number of halogens is 1. The lowest BCUT2D eigenvalue weighted by molar-refractivity contribution is 0.0697. The topological polar surface area (TPSA) is 56.7 Å². The first-order valence-electron chi connectivity index (χ1n) is 6.57. The van der Waals surface area contributed by atoms with Gasteiger partial charge >= 0.3 is 5.97 Å². The number of piperazine rings is 1. The molecule has 2 aromatic rings. The van der Waals surface area contributed by atoms with Gasteiger partial charge < -0.3 is 14.9 Å². The predicted molar refractivity (Wildman–Crippen MR) is 87.6 cm³/mol. The summed E-state index contributed by atoms with van der Waals surface area (Å²) in [6.45, 7) is 3.62. The Morgan fingerprint density at radius 2 is 1.95 bits per heavy atom. The van der Waals surface area contributed by atoms with Crippen molar-refractivity contribution in [3.8, 4) is 0 Å². The summed E-state index contributed by atoms with van der Waals surface area (Å²) in [5.74, 6) is -0.907. The molecule has 0 bridgehead atoms. The normalized spacial score (nSPS) is 15.3. The minimum absolute atomic E-state index is 0.298. The van der Waals surface area contributed by atoms with Gasteiger partial charge in [0.15, 0.2) is 5.13 Å². The van der Waals surface area contributed by atoms with Crippen LogP contribution in [0.5, 0.6) is 0 Å². The lowest BCUT2D eigenvalue weighted by atomic mass is 10.2. The quantitative estimate of drug-likeness (QED) is 0.903. The average Bonchev–Trinajstić information content (AvgIpc) is 3.01. The fraction of sp³-hybridized carbons (Fsp3) is 0.286. The van der Waals surface area contributed by atoms with Gasteiger partial charge in [-0.25, -0.2) is 9.78 Å². The monoisotopic (exact) mass is 367 g/mol. The maximum absolute atomic E-state index is 11.0. The summed E-state index contributed by atoms with van der Waals surface area (Å²) in [4.78, 5) is 19.8. The predicted octanol–water partition coefficient (Wildman–Crippen LogP) is 2.93. The van der Waals surface area contributed by atoms with E-state index in [0.717, 1.165) is 41.5 Å². The molecule has 1 aromatic carbocycles. The molecule has 1 aliphatic heterocycles. The lowest BCUT2D eigenvalue weighted by Crippen LogP contribution is -2.46. The van der Waals surface area contributed by atoms with Crippen LogP contribution in [0.1, 0.15) is 10.4 Å². The molecule has 5 nitrogen and oxygen atoms in total. The number of hydrogen-bond donors (Lipinski definition) is 1. The number of rotatable bonds is 3. The van der Waals surface area contributed by atoms with Crippen molar-refractivity contribution in [2.45, 2.75) is 0 Å². The van der Waals surface area contributed by atoms with Crippen molar-refractivity contribution in [1.29, 1.82) is 0 Å². The Bertz CT molecular complexity index is 640. The van der Waals surface area contributed by atoms with Crippen LogP contribution < -0.4 is 9.80 Å². The van der Waals surface area contributed by atoms with Gasteiger partial charge in [-0.3, -0.25) is 0 Å². The van der Waals surface area contributed by atoms with Crippen LogP contribution in [0.2, 0.25) is 0 Å². The van der Waals surface area contributed by atoms with Gasteiger partial charge in [-0.05, 0) is 34.1 Å². The van der Waals surface area contributed by atoms with Gasteiger partial charge in [-0.2, -0.15) is 0 Å². The second-order valence-electron chi connectivity index (χ2n) is 4.76. The van der Waals surface area contributed by atoms with Crippen LogP contribution in [0.25, 0.3) is 0 Å². The molecule has 21 heavy (non-hydrogen) atoms. The Balaban J connectivity index is 1.71. The molecule has 1 saturated heterocycles. The average molecular weight is 368 g/mol. The van der Waals surface area contributed by atoms with Crippen LogP contribution in [0.3, 0.4) is 0 Å². The molecule has 1 N–H and O–H groups in total. The summed E-state index contributed by atoms with van der Waals surface area (Å²) < 4.78 is 0.824. The van der Waals surface area contributed by atoms with Crippen molar-refractivity contribution in [3.05, 3.63) is 39.8 Å². The van der Waals surface area contributed by atoms with E-state index in [1.807, 2.05) is 17.6 Å². The Morgan fingerprint density at radius 3 is 2.52 bits per heavy atom. The highest BCUT2D eigenvalue weighted by Crippen LogP contribution is 2.29. The van der Waals surface area contributed by atoms with E-state index < -0.39 is 5.97 Å². The number of aromatic carboxylic acids is 1. The first-order valence-corrected chi connectivity index (χ1v) is 8.24. The molecule has 0 atom stereocenters. The fourth-order valence-corrected chi connectivity index (χ4v) is 3.73. The zero-order chi connectivity index (χ0) is 14.8. The molecule has 1 aromatic heterocycles. The van der Waals surface area contributed by atoms with E-state index in [0.29, 0.717) is 5.56 Å². The van der Waals surface area contributed by atoms with Crippen molar-refractivity contribution >= 4 is 44.1 Å². The molecule has 110 valence electrons. The van der Waals surface area contributed by atoms with E-state index in [4.69, 9.17) is 5.11 Å². The Kier molecular flexibility index (Phi) is 4.12. The summed E-state index contributed by atoms with van der Waals surface area (Å²) in [6, 6.07) is 5.17. The number of hydrogen-bond acceptors (Lipinski definition) is 5. The van der Waals surface area contributed by atoms with E-state index >= 15 is 0 Å². The van der Waals surface area contributed by atoms with Gasteiger partial charge in [-0.1, -0.05) is 0 Å². The number of aromatic nitrogens is 1. The van der Waals surface area contributed by atoms with Crippen LogP contribution in [0, 0.1) is 0 Å². The van der Waals surface area contributed by atoms with Gasteiger partial charge in [0.1, 0.15) is 0 Å². The van der Waals surface area contributed by atoms with Gasteiger partial charge in [0.05, 0.1) is 11.3 Å². The van der Waals surface area contributed by atoms with E-state index in [-0.39, 0.29) is 0 Å². The Labute approximate surface area is 135 Å². The third kappa shape index (κ3) is 3.03. The van der Waals surface area contributed by atoms with Crippen LogP contribution >= 0.6 is 27.3 Å². The highest BCUT2D eigenvalue weighted by atomic mass is 79.9. The molecular formula is C14H14BrN3O2S. The van der Waals surface area contributed by atoms with Gasteiger partial charge in [0, 0.05) is 42.2 Å². The lowest BCUT2D eigenvalue weighted by Gasteiger charge is -2.36. The maximum Gasteiger partial charge on any atom is 0.335 e. The summed E-state index contributed by atoms with van der Waals surface area (Å²) >= 11 is 5.13. The molecule has 1 fully saturated rings. The summed E-state index contributed by atoms with van der Waals surface area (Å²) in [6.07, 6.45) is 1.83. The van der Waals surface area contributed by atoms with Gasteiger partial charge in [-0.15, -0.1) is 11.3 Å². The van der Waals surface area contributed by atoms with Crippen molar-refractivity contribution in [2.75, 3.05) is 36.0 Å². The Hall–Kier alpha value is -1.60. The SMILES string of the molecule is O=C(O)c1ccc(N2CCN(c3nccs3)CC2)c(Br)c1. The molecule has 0 radical (unpaired) electrons. The van der Waals surface area contributed by atoms with Crippen molar-refractivity contribution < 1.29 is 9.90 Å². The zero-order valence-electron chi connectivity index (χ0n) is 11.2. The number of nitrogens with zero attached hydrogens (tertiary/aromatic N) is 3. The molecule has 3 rings (SSSR count). The number of carboxylic acid groups (broad SMARTS) is 1. The van der Waals surface area contributed by atoms with E-state index in [1.54, 1.807) is 23.5 Å². The van der Waals surface area contributed by atoms with E-state index in [1.165, 1.54) is 0 Å². The van der Waals surface area contributed by atoms with E-state index in [9.17, 15) is 4.79 Å². The smallest absolute Gasteiger partial charge is 0.335 e. The maximum atomic E-state index is 11.0. The molecule has 0 spiro atoms. The molecule has 1 aliphatic rings. The highest BCUT2D eigenvalue weighted by molar-refractivity contribution is 9.10. The highest BCUT2D eigenvalue weighted by Gasteiger charge is 2.20. The first-order chi connectivity index (χ1) is 10.1. The van der Waals surface area contributed by atoms with Gasteiger partial charge in [0.2, 0.25) is 0 Å². The molecule has 0 amide bonds. The van der Waals surface area contributed by atoms with E-state index in [2.05, 4.69) is 30.7 Å². The molecule has 7 heteroatoms. The summed E-state index contributed by atoms with van der Waals surface area (Å²) in [5, 5.41) is 12.1. The summed E-state index contributed by atoms with van der Waals surface area (Å²) in [7, 11) is 0. The largest absolute Gasteiger partial charge is 0.478 e. The third-order valence-electron chi connectivity index (χ3n) is 3.50. The first kappa shape index (κ1) is 14.3. The minimum atomic E-state index is -0.907. The second-order valence-corrected chi connectivity index (χ2v) is 6.49. The van der Waals surface area contributed by atoms with Gasteiger partial charge in [0.25, 0.3) is 0 Å². The van der Waals surface area contributed by atoms with Crippen molar-refractivity contribution in [1.82, 2.24) is 4.98 Å². The van der Waals surface area contributed by atoms with Crippen molar-refractivity contribution in [2.24, 2.45) is 0 Å². The molecular weight excluding hydrogens is 354 g/mol. The minimum Gasteiger partial charge on any atom is -0.478 e. The fourth-order valence-electron chi connectivity index (χ4n) is 2.41. The number of benzene rings is 1. The number of carbonyl (C=O) groups is 1. The van der Waals surface area contributed by atoms with Crippen LogP contribution in [-0.4, -0.2) is 42.2 Å². The van der Waals surface area contributed by atoms with Crippen LogP contribution in [0.15, 0.2) is 34.2 Å². The molecule has 0 saturated carbocycles. The third-order valence-corrected chi connectivity index (χ3v) is 4.97. The standard InChI is InChI=1S/C14H14BrN3O2S/c15-11-9-10(13(19)20)1-2-12(11)17-4-6-18(7-5-17)14-16-3-8-21-14/h1-3,8-9H,4-7H2,(H,19,20). The summed E-state index contributed by atoms with van der Waals surface area (Å²) in [5.41, 5.74) is 1.34. The van der Waals surface area contributed by atoms with Crippen LogP contribution in [0.4, 0.5) is 10.8 Å². The molecule has 2 heterocycles.